The lowest BCUT2D eigenvalue weighted by Gasteiger charge is -2.20. The third kappa shape index (κ3) is 6.44. The predicted octanol–water partition coefficient (Wildman–Crippen LogP) is 1.49. The Kier molecular flexibility index (Phi) is 8.72. The molecule has 17 heavy (non-hydrogen) atoms. The number of carbonyl (C=O) groups is 1. The second-order valence-corrected chi connectivity index (χ2v) is 4.10. The fraction of sp³-hybridized carbons (Fsp3) is 0.769. The summed E-state index contributed by atoms with van der Waals surface area (Å²) in [6, 6.07) is 0. The molecule has 0 aliphatic heterocycles. The maximum atomic E-state index is 11.2. The molecule has 1 unspecified atom stereocenters. The van der Waals surface area contributed by atoms with Crippen molar-refractivity contribution in [1.82, 2.24) is 5.32 Å². The highest BCUT2D eigenvalue weighted by atomic mass is 16.5. The SMILES string of the molecule is C=C(CNCC(O)C(CC)CC)C(=O)OCC. The first-order valence-corrected chi connectivity index (χ1v) is 6.30. The van der Waals surface area contributed by atoms with E-state index >= 15 is 0 Å². The highest BCUT2D eigenvalue weighted by Gasteiger charge is 2.15. The van der Waals surface area contributed by atoms with Gasteiger partial charge in [-0.05, 0) is 12.8 Å². The molecule has 0 fully saturated rings. The van der Waals surface area contributed by atoms with Crippen molar-refractivity contribution in [2.45, 2.75) is 39.7 Å². The van der Waals surface area contributed by atoms with E-state index in [0.29, 0.717) is 31.2 Å². The number of hydrogen-bond acceptors (Lipinski definition) is 4. The third-order valence-electron chi connectivity index (χ3n) is 2.85. The van der Waals surface area contributed by atoms with Crippen LogP contribution in [0.15, 0.2) is 12.2 Å². The fourth-order valence-electron chi connectivity index (χ4n) is 1.68. The van der Waals surface area contributed by atoms with Crippen molar-refractivity contribution >= 4 is 5.97 Å². The van der Waals surface area contributed by atoms with Gasteiger partial charge >= 0.3 is 5.97 Å². The van der Waals surface area contributed by atoms with Gasteiger partial charge < -0.3 is 15.2 Å². The second-order valence-electron chi connectivity index (χ2n) is 4.10. The maximum absolute atomic E-state index is 11.2. The molecule has 0 spiro atoms. The van der Waals surface area contributed by atoms with Crippen molar-refractivity contribution in [2.75, 3.05) is 19.7 Å². The molecule has 0 saturated carbocycles. The zero-order valence-electron chi connectivity index (χ0n) is 11.2. The van der Waals surface area contributed by atoms with E-state index in [2.05, 4.69) is 25.7 Å². The monoisotopic (exact) mass is 243 g/mol. The lowest BCUT2D eigenvalue weighted by Crippen LogP contribution is -2.34. The van der Waals surface area contributed by atoms with Gasteiger partial charge in [-0.1, -0.05) is 33.3 Å². The van der Waals surface area contributed by atoms with Crippen LogP contribution in [0.3, 0.4) is 0 Å². The molecule has 0 amide bonds. The molecular weight excluding hydrogens is 218 g/mol. The van der Waals surface area contributed by atoms with Crippen molar-refractivity contribution in [3.05, 3.63) is 12.2 Å². The predicted molar refractivity (Wildman–Crippen MR) is 68.7 cm³/mol. The minimum atomic E-state index is -0.378. The van der Waals surface area contributed by atoms with Crippen LogP contribution >= 0.6 is 0 Å². The largest absolute Gasteiger partial charge is 0.463 e. The van der Waals surface area contributed by atoms with Gasteiger partial charge in [-0.3, -0.25) is 0 Å². The number of rotatable bonds is 9. The van der Waals surface area contributed by atoms with E-state index in [1.807, 2.05) is 0 Å². The summed E-state index contributed by atoms with van der Waals surface area (Å²) in [6.07, 6.45) is 1.54. The molecule has 100 valence electrons. The molecule has 0 aromatic heterocycles. The molecule has 2 N–H and O–H groups in total. The average Bonchev–Trinajstić information content (AvgIpc) is 2.30. The van der Waals surface area contributed by atoms with Crippen LogP contribution in [0.25, 0.3) is 0 Å². The maximum Gasteiger partial charge on any atom is 0.334 e. The molecule has 4 nitrogen and oxygen atoms in total. The summed E-state index contributed by atoms with van der Waals surface area (Å²) in [5.74, 6) is -0.0737. The standard InChI is InChI=1S/C13H25NO3/c1-5-11(6-2)12(15)9-14-8-10(4)13(16)17-7-3/h11-12,14-15H,4-9H2,1-3H3. The van der Waals surface area contributed by atoms with Gasteiger partial charge in [0.25, 0.3) is 0 Å². The third-order valence-corrected chi connectivity index (χ3v) is 2.85. The Morgan fingerprint density at radius 2 is 1.94 bits per heavy atom. The normalized spacial score (nSPS) is 12.5. The van der Waals surface area contributed by atoms with E-state index in [-0.39, 0.29) is 12.1 Å². The molecule has 0 aliphatic rings. The highest BCUT2D eigenvalue weighted by Crippen LogP contribution is 2.12. The van der Waals surface area contributed by atoms with Crippen molar-refractivity contribution in [3.63, 3.8) is 0 Å². The lowest BCUT2D eigenvalue weighted by atomic mass is 9.96. The minimum absolute atomic E-state index is 0.304. The zero-order chi connectivity index (χ0) is 13.3. The Morgan fingerprint density at radius 1 is 1.35 bits per heavy atom. The van der Waals surface area contributed by atoms with Gasteiger partial charge in [-0.15, -0.1) is 0 Å². The Labute approximate surface area is 104 Å². The van der Waals surface area contributed by atoms with Crippen LogP contribution in [0.2, 0.25) is 0 Å². The molecule has 4 heteroatoms. The summed E-state index contributed by atoms with van der Waals surface area (Å²) >= 11 is 0. The molecule has 0 radical (unpaired) electrons. The number of hydrogen-bond donors (Lipinski definition) is 2. The number of nitrogens with one attached hydrogen (secondary N) is 1. The summed E-state index contributed by atoms with van der Waals surface area (Å²) in [7, 11) is 0. The van der Waals surface area contributed by atoms with E-state index in [4.69, 9.17) is 4.74 Å². The quantitative estimate of drug-likeness (QED) is 0.476. The van der Waals surface area contributed by atoms with Gasteiger partial charge in [0.1, 0.15) is 0 Å². The van der Waals surface area contributed by atoms with Gasteiger partial charge in [0.15, 0.2) is 0 Å². The zero-order valence-corrected chi connectivity index (χ0v) is 11.2. The molecule has 0 aliphatic carbocycles. The van der Waals surface area contributed by atoms with Crippen LogP contribution in [0, 0.1) is 5.92 Å². The lowest BCUT2D eigenvalue weighted by molar-refractivity contribution is -0.138. The molecule has 0 aromatic carbocycles. The first-order chi connectivity index (χ1) is 8.06. The Bertz CT molecular complexity index is 237. The van der Waals surface area contributed by atoms with E-state index in [0.717, 1.165) is 12.8 Å². The topological polar surface area (TPSA) is 58.6 Å². The molecule has 0 aromatic rings. The molecule has 0 heterocycles. The molecular formula is C13H25NO3. The second kappa shape index (κ2) is 9.19. The van der Waals surface area contributed by atoms with Crippen LogP contribution in [0.4, 0.5) is 0 Å². The summed E-state index contributed by atoms with van der Waals surface area (Å²) in [6.45, 7) is 10.7. The fourth-order valence-corrected chi connectivity index (χ4v) is 1.68. The van der Waals surface area contributed by atoms with Crippen LogP contribution in [0.1, 0.15) is 33.6 Å². The smallest absolute Gasteiger partial charge is 0.334 e. The summed E-state index contributed by atoms with van der Waals surface area (Å²) in [4.78, 5) is 11.2. The highest BCUT2D eigenvalue weighted by molar-refractivity contribution is 5.88. The summed E-state index contributed by atoms with van der Waals surface area (Å²) in [5.41, 5.74) is 0.392. The Hall–Kier alpha value is -0.870. The van der Waals surface area contributed by atoms with Crippen LogP contribution in [-0.2, 0) is 9.53 Å². The summed E-state index contributed by atoms with van der Waals surface area (Å²) in [5, 5.41) is 12.9. The molecule has 0 bridgehead atoms. The van der Waals surface area contributed by atoms with Gasteiger partial charge in [0.05, 0.1) is 12.7 Å². The van der Waals surface area contributed by atoms with Crippen molar-refractivity contribution in [3.8, 4) is 0 Å². The van der Waals surface area contributed by atoms with E-state index in [9.17, 15) is 9.90 Å². The first kappa shape index (κ1) is 16.1. The Morgan fingerprint density at radius 3 is 2.41 bits per heavy atom. The van der Waals surface area contributed by atoms with E-state index in [1.165, 1.54) is 0 Å². The molecule has 0 saturated heterocycles. The van der Waals surface area contributed by atoms with Crippen molar-refractivity contribution in [1.29, 1.82) is 0 Å². The summed E-state index contributed by atoms with van der Waals surface area (Å²) < 4.78 is 4.81. The van der Waals surface area contributed by atoms with E-state index in [1.54, 1.807) is 6.92 Å². The van der Waals surface area contributed by atoms with Gasteiger partial charge in [0.2, 0.25) is 0 Å². The van der Waals surface area contributed by atoms with Crippen LogP contribution in [0.5, 0.6) is 0 Å². The number of ether oxygens (including phenoxy) is 1. The van der Waals surface area contributed by atoms with Gasteiger partial charge in [0, 0.05) is 18.7 Å². The molecule has 1 atom stereocenters. The van der Waals surface area contributed by atoms with Crippen LogP contribution < -0.4 is 5.32 Å². The number of aliphatic hydroxyl groups excluding tert-OH is 1. The van der Waals surface area contributed by atoms with E-state index < -0.39 is 0 Å². The molecule has 0 rings (SSSR count). The van der Waals surface area contributed by atoms with Crippen molar-refractivity contribution < 1.29 is 14.6 Å². The minimum Gasteiger partial charge on any atom is -0.463 e. The van der Waals surface area contributed by atoms with Crippen LogP contribution in [-0.4, -0.2) is 36.9 Å². The van der Waals surface area contributed by atoms with Gasteiger partial charge in [-0.25, -0.2) is 4.79 Å². The number of aliphatic hydroxyl groups is 1. The first-order valence-electron chi connectivity index (χ1n) is 6.30. The van der Waals surface area contributed by atoms with Crippen molar-refractivity contribution in [2.24, 2.45) is 5.92 Å². The number of esters is 1. The number of carbonyl (C=O) groups excluding carboxylic acids is 1. The van der Waals surface area contributed by atoms with Gasteiger partial charge in [-0.2, -0.15) is 0 Å². The Balaban J connectivity index is 3.83. The average molecular weight is 243 g/mol.